The van der Waals surface area contributed by atoms with Gasteiger partial charge in [0, 0.05) is 0 Å². The van der Waals surface area contributed by atoms with E-state index in [-0.39, 0.29) is 25.7 Å². The zero-order chi connectivity index (χ0) is 17.6. The van der Waals surface area contributed by atoms with Gasteiger partial charge in [0.25, 0.3) is 0 Å². The van der Waals surface area contributed by atoms with E-state index >= 15 is 0 Å². The van der Waals surface area contributed by atoms with Crippen molar-refractivity contribution >= 4 is 8.07 Å². The first-order valence-corrected chi connectivity index (χ1v) is 11.5. The lowest BCUT2D eigenvalue weighted by Crippen LogP contribution is -2.63. The second kappa shape index (κ2) is 5.95. The second-order valence-corrected chi connectivity index (χ2v) is 13.1. The Labute approximate surface area is 135 Å². The van der Waals surface area contributed by atoms with Crippen molar-refractivity contribution in [1.29, 1.82) is 0 Å². The quantitative estimate of drug-likeness (QED) is 0.360. The molecule has 0 spiro atoms. The van der Waals surface area contributed by atoms with E-state index in [2.05, 4.69) is 0 Å². The summed E-state index contributed by atoms with van der Waals surface area (Å²) >= 11 is 0. The molecule has 7 heteroatoms. The Kier molecular flexibility index (Phi) is 4.95. The predicted molar refractivity (Wildman–Crippen MR) is 81.1 cm³/mol. The molecule has 0 atom stereocenters. The highest BCUT2D eigenvalue weighted by Crippen LogP contribution is 2.72. The van der Waals surface area contributed by atoms with E-state index in [0.717, 1.165) is 0 Å². The first-order valence-electron chi connectivity index (χ1n) is 8.55. The first kappa shape index (κ1) is 19.1. The Morgan fingerprint density at radius 2 is 0.826 bits per heavy atom. The molecule has 2 aliphatic rings. The van der Waals surface area contributed by atoms with Crippen molar-refractivity contribution in [3.8, 4) is 0 Å². The minimum absolute atomic E-state index is 0.118. The summed E-state index contributed by atoms with van der Waals surface area (Å²) in [4.78, 5) is 0. The topological polar surface area (TPSA) is 0 Å². The van der Waals surface area contributed by atoms with Gasteiger partial charge in [0.15, 0.2) is 0 Å². The van der Waals surface area contributed by atoms with Crippen LogP contribution in [-0.2, 0) is 0 Å². The Morgan fingerprint density at radius 3 is 1.04 bits per heavy atom. The molecule has 0 nitrogen and oxygen atoms in total. The summed E-state index contributed by atoms with van der Waals surface area (Å²) in [6, 6.07) is 0. The van der Waals surface area contributed by atoms with E-state index in [9.17, 15) is 26.3 Å². The van der Waals surface area contributed by atoms with E-state index in [0.29, 0.717) is 38.5 Å². The zero-order valence-electron chi connectivity index (χ0n) is 13.8. The van der Waals surface area contributed by atoms with Crippen LogP contribution in [0.5, 0.6) is 0 Å². The van der Waals surface area contributed by atoms with Crippen molar-refractivity contribution in [1.82, 2.24) is 0 Å². The third kappa shape index (κ3) is 2.74. The van der Waals surface area contributed by atoms with Gasteiger partial charge in [-0.05, 0) is 25.7 Å². The fraction of sp³-hybridized carbons (Fsp3) is 1.00. The lowest BCUT2D eigenvalue weighted by molar-refractivity contribution is -0.194. The highest BCUT2D eigenvalue weighted by atomic mass is 28.3. The molecule has 0 amide bonds. The monoisotopic (exact) mass is 360 g/mol. The summed E-state index contributed by atoms with van der Waals surface area (Å²) in [5, 5.41) is -4.18. The maximum atomic E-state index is 14.1. The minimum atomic E-state index is -4.54. The lowest BCUT2D eigenvalue weighted by atomic mass is 9.86. The summed E-state index contributed by atoms with van der Waals surface area (Å²) in [6.45, 7) is 2.76. The number of hydrogen-bond acceptors (Lipinski definition) is 0. The average Bonchev–Trinajstić information content (AvgIpc) is 2.46. The molecule has 0 aliphatic heterocycles. The van der Waals surface area contributed by atoms with Gasteiger partial charge in [0.05, 0.1) is 18.2 Å². The highest BCUT2D eigenvalue weighted by Gasteiger charge is 2.74. The largest absolute Gasteiger partial charge is 0.392 e. The summed E-state index contributed by atoms with van der Waals surface area (Å²) in [5.74, 6) is 0. The molecule has 0 heterocycles. The lowest BCUT2D eigenvalue weighted by Gasteiger charge is -2.59. The molecule has 0 bridgehead atoms. The number of halogens is 6. The maximum Gasteiger partial charge on any atom is 0.392 e. The van der Waals surface area contributed by atoms with Gasteiger partial charge < -0.3 is 0 Å². The van der Waals surface area contributed by atoms with Crippen LogP contribution in [0.1, 0.15) is 64.2 Å². The van der Waals surface area contributed by atoms with Crippen molar-refractivity contribution in [3.05, 3.63) is 0 Å². The predicted octanol–water partition coefficient (Wildman–Crippen LogP) is 7.23. The van der Waals surface area contributed by atoms with Crippen LogP contribution in [0, 0.1) is 0 Å². The third-order valence-corrected chi connectivity index (χ3v) is 13.2. The molecule has 0 aromatic heterocycles. The molecule has 2 rings (SSSR count). The zero-order valence-corrected chi connectivity index (χ0v) is 14.8. The summed E-state index contributed by atoms with van der Waals surface area (Å²) in [7, 11) is -3.72. The SMILES string of the molecule is C[Si](C)(C1(C(F)(F)F)CCCCC1)C1(C(F)(F)F)CCCCC1. The van der Waals surface area contributed by atoms with Gasteiger partial charge in [-0.2, -0.15) is 26.3 Å². The maximum absolute atomic E-state index is 14.1. The first-order chi connectivity index (χ1) is 10.4. The van der Waals surface area contributed by atoms with E-state index < -0.39 is 30.5 Å². The molecular formula is C16H26F6Si. The van der Waals surface area contributed by atoms with Gasteiger partial charge in [-0.25, -0.2) is 0 Å². The van der Waals surface area contributed by atoms with Gasteiger partial charge in [-0.15, -0.1) is 0 Å². The molecular weight excluding hydrogens is 334 g/mol. The van der Waals surface area contributed by atoms with Crippen molar-refractivity contribution in [2.45, 2.75) is 99.7 Å². The van der Waals surface area contributed by atoms with Crippen molar-refractivity contribution in [2.24, 2.45) is 0 Å². The fourth-order valence-electron chi connectivity index (χ4n) is 5.29. The molecule has 2 fully saturated rings. The number of alkyl halides is 6. The van der Waals surface area contributed by atoms with E-state index in [4.69, 9.17) is 0 Å². The number of hydrogen-bond donors (Lipinski definition) is 0. The highest BCUT2D eigenvalue weighted by molar-refractivity contribution is 6.83. The van der Waals surface area contributed by atoms with Crippen molar-refractivity contribution < 1.29 is 26.3 Å². The van der Waals surface area contributed by atoms with Gasteiger partial charge in [-0.1, -0.05) is 51.6 Å². The molecule has 0 N–H and O–H groups in total. The van der Waals surface area contributed by atoms with Crippen LogP contribution in [0.15, 0.2) is 0 Å². The van der Waals surface area contributed by atoms with Gasteiger partial charge in [-0.3, -0.25) is 0 Å². The smallest absolute Gasteiger partial charge is 0.171 e. The Balaban J connectivity index is 2.58. The Hall–Kier alpha value is -0.203. The summed E-state index contributed by atoms with van der Waals surface area (Å²) in [6.07, 6.45) is -6.59. The van der Waals surface area contributed by atoms with Gasteiger partial charge in [0.2, 0.25) is 0 Å². The standard InChI is InChI=1S/C16H26F6Si/c1-23(2,13(15(17,18)19)9-5-3-6-10-13)14(16(20,21)22)11-7-4-8-12-14/h3-12H2,1-2H3. The van der Waals surface area contributed by atoms with Gasteiger partial charge >= 0.3 is 12.4 Å². The van der Waals surface area contributed by atoms with E-state index in [1.165, 1.54) is 13.1 Å². The second-order valence-electron chi connectivity index (χ2n) is 7.91. The molecule has 136 valence electrons. The molecule has 0 saturated heterocycles. The fourth-order valence-corrected chi connectivity index (χ4v) is 10.8. The van der Waals surface area contributed by atoms with Crippen molar-refractivity contribution in [2.75, 3.05) is 0 Å². The molecule has 0 aromatic carbocycles. The molecule has 0 unspecified atom stereocenters. The van der Waals surface area contributed by atoms with Crippen LogP contribution in [0.3, 0.4) is 0 Å². The van der Waals surface area contributed by atoms with Crippen LogP contribution < -0.4 is 0 Å². The van der Waals surface area contributed by atoms with Gasteiger partial charge in [0.1, 0.15) is 0 Å². The third-order valence-electron chi connectivity index (χ3n) is 6.89. The minimum Gasteiger partial charge on any atom is -0.171 e. The van der Waals surface area contributed by atoms with E-state index in [1.807, 2.05) is 0 Å². The molecule has 23 heavy (non-hydrogen) atoms. The summed E-state index contributed by atoms with van der Waals surface area (Å²) in [5.41, 5.74) is 0. The van der Waals surface area contributed by atoms with Crippen molar-refractivity contribution in [3.63, 3.8) is 0 Å². The number of rotatable bonds is 2. The molecule has 0 aromatic rings. The van der Waals surface area contributed by atoms with E-state index in [1.54, 1.807) is 0 Å². The Bertz CT molecular complexity index is 373. The van der Waals surface area contributed by atoms with Crippen LogP contribution in [0.2, 0.25) is 23.2 Å². The molecule has 2 aliphatic carbocycles. The van der Waals surface area contributed by atoms with Crippen LogP contribution >= 0.6 is 0 Å². The Morgan fingerprint density at radius 1 is 0.565 bits per heavy atom. The molecule has 2 saturated carbocycles. The van der Waals surface area contributed by atoms with Crippen LogP contribution in [-0.4, -0.2) is 20.4 Å². The normalized spacial score (nSPS) is 26.1. The van der Waals surface area contributed by atoms with Crippen LogP contribution in [0.25, 0.3) is 0 Å². The average molecular weight is 360 g/mol. The molecule has 0 radical (unpaired) electrons. The summed E-state index contributed by atoms with van der Waals surface area (Å²) < 4.78 is 84.4. The van der Waals surface area contributed by atoms with Crippen LogP contribution in [0.4, 0.5) is 26.3 Å².